The third-order valence-electron chi connectivity index (χ3n) is 5.06. The van der Waals surface area contributed by atoms with E-state index in [0.29, 0.717) is 11.4 Å². The molecule has 1 aliphatic rings. The van der Waals surface area contributed by atoms with Crippen molar-refractivity contribution in [3.63, 3.8) is 0 Å². The lowest BCUT2D eigenvalue weighted by molar-refractivity contribution is -0.137. The van der Waals surface area contributed by atoms with E-state index in [1.807, 2.05) is 28.7 Å². The Kier molecular flexibility index (Phi) is 4.84. The first-order valence-electron chi connectivity index (χ1n) is 9.15. The van der Waals surface area contributed by atoms with Gasteiger partial charge in [-0.15, -0.1) is 5.10 Å². The van der Waals surface area contributed by atoms with Gasteiger partial charge in [0.2, 0.25) is 5.95 Å². The van der Waals surface area contributed by atoms with Gasteiger partial charge in [-0.1, -0.05) is 5.21 Å². The highest BCUT2D eigenvalue weighted by atomic mass is 19.4. The standard InChI is InChI=1S/C17H20F3N9/c1-10-14(24-16-22-8-13(17(18,19)20)15(21-2)25-16)9-29(26-10)12-4-3-11(7-12)28-6-5-23-27-28/h5-6,8-9,11-12H,3-4,7H2,1-2H3,(H2,21,22,24,25)/t11?,12-/m1/s1. The molecule has 3 aromatic heterocycles. The molecule has 0 amide bonds. The zero-order valence-corrected chi connectivity index (χ0v) is 15.8. The largest absolute Gasteiger partial charge is 0.421 e. The van der Waals surface area contributed by atoms with Crippen molar-refractivity contribution in [2.45, 2.75) is 44.4 Å². The second kappa shape index (κ2) is 7.33. The topological polar surface area (TPSA) is 98.4 Å². The van der Waals surface area contributed by atoms with Crippen LogP contribution < -0.4 is 10.6 Å². The van der Waals surface area contributed by atoms with E-state index in [9.17, 15) is 13.2 Å². The van der Waals surface area contributed by atoms with E-state index in [4.69, 9.17) is 0 Å². The van der Waals surface area contributed by atoms with Gasteiger partial charge in [-0.25, -0.2) is 9.67 Å². The number of anilines is 3. The SMILES string of the molecule is CNc1nc(Nc2cn([C@@H]3CCC(n4ccnn4)C3)nc2C)ncc1C(F)(F)F. The van der Waals surface area contributed by atoms with Gasteiger partial charge in [0.15, 0.2) is 0 Å². The average molecular weight is 407 g/mol. The van der Waals surface area contributed by atoms with Gasteiger partial charge in [-0.2, -0.15) is 23.3 Å². The summed E-state index contributed by atoms with van der Waals surface area (Å²) in [7, 11) is 1.39. The summed E-state index contributed by atoms with van der Waals surface area (Å²) in [4.78, 5) is 7.74. The molecule has 0 saturated heterocycles. The van der Waals surface area contributed by atoms with Gasteiger partial charge in [0.1, 0.15) is 11.4 Å². The van der Waals surface area contributed by atoms with Crippen LogP contribution >= 0.6 is 0 Å². The van der Waals surface area contributed by atoms with Gasteiger partial charge in [-0.05, 0) is 26.2 Å². The number of hydrogen-bond acceptors (Lipinski definition) is 7. The van der Waals surface area contributed by atoms with Gasteiger partial charge < -0.3 is 10.6 Å². The molecule has 1 saturated carbocycles. The Hall–Kier alpha value is -3.18. The minimum absolute atomic E-state index is 0.0666. The number of nitrogens with zero attached hydrogens (tertiary/aromatic N) is 7. The van der Waals surface area contributed by atoms with Crippen LogP contribution in [0.1, 0.15) is 42.6 Å². The molecule has 0 aromatic carbocycles. The van der Waals surface area contributed by atoms with E-state index in [2.05, 4.69) is 36.0 Å². The van der Waals surface area contributed by atoms with Crippen molar-refractivity contribution in [1.82, 2.24) is 34.7 Å². The summed E-state index contributed by atoms with van der Waals surface area (Å²) in [5.74, 6) is -0.219. The molecule has 0 aliphatic heterocycles. The molecule has 29 heavy (non-hydrogen) atoms. The molecule has 154 valence electrons. The quantitative estimate of drug-likeness (QED) is 0.669. The molecule has 1 fully saturated rings. The average Bonchev–Trinajstić information content (AvgIpc) is 3.41. The molecule has 4 rings (SSSR count). The van der Waals surface area contributed by atoms with Crippen LogP contribution in [-0.4, -0.2) is 41.8 Å². The summed E-state index contributed by atoms with van der Waals surface area (Å²) in [6.45, 7) is 1.83. The Balaban J connectivity index is 1.50. The second-order valence-electron chi connectivity index (χ2n) is 6.94. The zero-order valence-electron chi connectivity index (χ0n) is 15.8. The maximum absolute atomic E-state index is 13.0. The van der Waals surface area contributed by atoms with Gasteiger partial charge >= 0.3 is 6.18 Å². The monoisotopic (exact) mass is 407 g/mol. The Morgan fingerprint density at radius 2 is 1.93 bits per heavy atom. The molecular formula is C17H20F3N9. The van der Waals surface area contributed by atoms with Crippen LogP contribution in [0, 0.1) is 6.92 Å². The van der Waals surface area contributed by atoms with Crippen molar-refractivity contribution in [3.05, 3.63) is 36.0 Å². The highest BCUT2D eigenvalue weighted by molar-refractivity contribution is 5.57. The summed E-state index contributed by atoms with van der Waals surface area (Å²) in [5.41, 5.74) is 0.447. The van der Waals surface area contributed by atoms with Crippen molar-refractivity contribution in [1.29, 1.82) is 0 Å². The summed E-state index contributed by atoms with van der Waals surface area (Å²) in [6, 6.07) is 0.486. The highest BCUT2D eigenvalue weighted by Crippen LogP contribution is 2.38. The van der Waals surface area contributed by atoms with Crippen molar-refractivity contribution >= 4 is 17.5 Å². The Morgan fingerprint density at radius 1 is 1.17 bits per heavy atom. The molecule has 0 radical (unpaired) electrons. The van der Waals surface area contributed by atoms with Crippen molar-refractivity contribution < 1.29 is 13.2 Å². The summed E-state index contributed by atoms with van der Waals surface area (Å²) in [6.07, 6.45) is 4.40. The minimum atomic E-state index is -4.53. The fraction of sp³-hybridized carbons (Fsp3) is 0.471. The smallest absolute Gasteiger partial charge is 0.372 e. The number of aryl methyl sites for hydroxylation is 1. The number of alkyl halides is 3. The lowest BCUT2D eigenvalue weighted by atomic mass is 10.2. The molecule has 3 heterocycles. The molecule has 2 N–H and O–H groups in total. The van der Waals surface area contributed by atoms with Crippen LogP contribution in [0.2, 0.25) is 0 Å². The predicted molar refractivity (Wildman–Crippen MR) is 98.8 cm³/mol. The fourth-order valence-corrected chi connectivity index (χ4v) is 3.58. The molecule has 0 bridgehead atoms. The number of rotatable bonds is 5. The summed E-state index contributed by atoms with van der Waals surface area (Å²) in [5, 5.41) is 17.9. The first-order valence-corrected chi connectivity index (χ1v) is 9.15. The number of hydrogen-bond donors (Lipinski definition) is 2. The second-order valence-corrected chi connectivity index (χ2v) is 6.94. The molecule has 3 aromatic rings. The van der Waals surface area contributed by atoms with Crippen LogP contribution in [0.3, 0.4) is 0 Å². The third-order valence-corrected chi connectivity index (χ3v) is 5.06. The normalized spacial score (nSPS) is 19.5. The van der Waals surface area contributed by atoms with E-state index in [1.54, 1.807) is 6.20 Å². The Bertz CT molecular complexity index is 981. The minimum Gasteiger partial charge on any atom is -0.372 e. The predicted octanol–water partition coefficient (Wildman–Crippen LogP) is 3.34. The third kappa shape index (κ3) is 3.87. The maximum atomic E-state index is 13.0. The fourth-order valence-electron chi connectivity index (χ4n) is 3.58. The molecule has 2 atom stereocenters. The van der Waals surface area contributed by atoms with Crippen LogP contribution in [0.5, 0.6) is 0 Å². The first kappa shape index (κ1) is 19.2. The molecule has 1 aliphatic carbocycles. The van der Waals surface area contributed by atoms with E-state index in [-0.39, 0.29) is 23.8 Å². The van der Waals surface area contributed by atoms with Crippen LogP contribution in [0.4, 0.5) is 30.6 Å². The molecule has 12 heteroatoms. The van der Waals surface area contributed by atoms with E-state index < -0.39 is 11.7 Å². The van der Waals surface area contributed by atoms with Crippen molar-refractivity contribution in [3.8, 4) is 0 Å². The zero-order chi connectivity index (χ0) is 20.6. The van der Waals surface area contributed by atoms with E-state index in [0.717, 1.165) is 25.5 Å². The summed E-state index contributed by atoms with van der Waals surface area (Å²) >= 11 is 0. The lowest BCUT2D eigenvalue weighted by Gasteiger charge is -2.13. The Morgan fingerprint density at radius 3 is 2.59 bits per heavy atom. The number of nitrogens with one attached hydrogen (secondary N) is 2. The Labute approximate surface area is 164 Å². The van der Waals surface area contributed by atoms with Crippen molar-refractivity contribution in [2.75, 3.05) is 17.7 Å². The molecular weight excluding hydrogens is 387 g/mol. The van der Waals surface area contributed by atoms with Crippen LogP contribution in [0.25, 0.3) is 0 Å². The number of halogens is 3. The van der Waals surface area contributed by atoms with Crippen LogP contribution in [0.15, 0.2) is 24.8 Å². The number of aromatic nitrogens is 7. The first-order chi connectivity index (χ1) is 13.8. The van der Waals surface area contributed by atoms with Crippen LogP contribution in [-0.2, 0) is 6.18 Å². The lowest BCUT2D eigenvalue weighted by Crippen LogP contribution is -2.12. The van der Waals surface area contributed by atoms with E-state index in [1.165, 1.54) is 7.05 Å². The molecule has 0 spiro atoms. The molecule has 1 unspecified atom stereocenters. The molecule has 9 nitrogen and oxygen atoms in total. The maximum Gasteiger partial charge on any atom is 0.421 e. The van der Waals surface area contributed by atoms with E-state index >= 15 is 0 Å². The highest BCUT2D eigenvalue weighted by Gasteiger charge is 2.35. The van der Waals surface area contributed by atoms with Gasteiger partial charge in [0.25, 0.3) is 0 Å². The van der Waals surface area contributed by atoms with Gasteiger partial charge in [0.05, 0.1) is 29.7 Å². The van der Waals surface area contributed by atoms with Gasteiger partial charge in [-0.3, -0.25) is 4.68 Å². The van der Waals surface area contributed by atoms with Crippen molar-refractivity contribution in [2.24, 2.45) is 0 Å². The van der Waals surface area contributed by atoms with Gasteiger partial charge in [0, 0.05) is 25.6 Å². The summed E-state index contributed by atoms with van der Waals surface area (Å²) < 4.78 is 42.8.